The lowest BCUT2D eigenvalue weighted by Gasteiger charge is -2.15. The standard InChI is InChI=1S/C11H18ClN3OSi/c1-17(2,3)7-6-16-9-15-8-10(12)11(14-15)4-5-13/h8H,4,6-7,9H2,1-3H3. The summed E-state index contributed by atoms with van der Waals surface area (Å²) in [5, 5.41) is 13.3. The summed E-state index contributed by atoms with van der Waals surface area (Å²) < 4.78 is 7.17. The Hall–Kier alpha value is -0.833. The van der Waals surface area contributed by atoms with E-state index in [0.29, 0.717) is 17.4 Å². The van der Waals surface area contributed by atoms with E-state index in [-0.39, 0.29) is 6.42 Å². The van der Waals surface area contributed by atoms with Crippen molar-refractivity contribution < 1.29 is 4.74 Å². The number of aromatic nitrogens is 2. The molecular formula is C11H18ClN3OSi. The normalized spacial score (nSPS) is 11.5. The summed E-state index contributed by atoms with van der Waals surface area (Å²) in [6.45, 7) is 8.08. The fourth-order valence-electron chi connectivity index (χ4n) is 1.23. The summed E-state index contributed by atoms with van der Waals surface area (Å²) in [4.78, 5) is 0. The minimum atomic E-state index is -1.04. The van der Waals surface area contributed by atoms with Crippen LogP contribution in [-0.2, 0) is 17.9 Å². The Morgan fingerprint density at radius 1 is 1.53 bits per heavy atom. The summed E-state index contributed by atoms with van der Waals surface area (Å²) in [5.41, 5.74) is 0.614. The average molecular weight is 272 g/mol. The van der Waals surface area contributed by atoms with E-state index in [1.807, 2.05) is 6.07 Å². The molecule has 0 aliphatic carbocycles. The van der Waals surface area contributed by atoms with Gasteiger partial charge in [-0.05, 0) is 6.04 Å². The lowest BCUT2D eigenvalue weighted by Crippen LogP contribution is -2.22. The molecule has 6 heteroatoms. The lowest BCUT2D eigenvalue weighted by atomic mass is 10.3. The van der Waals surface area contributed by atoms with Crippen LogP contribution in [0.3, 0.4) is 0 Å². The van der Waals surface area contributed by atoms with Crippen molar-refractivity contribution in [1.82, 2.24) is 9.78 Å². The maximum Gasteiger partial charge on any atom is 0.139 e. The molecule has 1 rings (SSSR count). The van der Waals surface area contributed by atoms with Gasteiger partial charge >= 0.3 is 0 Å². The fraction of sp³-hybridized carbons (Fsp3) is 0.636. The molecule has 0 N–H and O–H groups in total. The van der Waals surface area contributed by atoms with Crippen molar-refractivity contribution in [3.8, 4) is 6.07 Å². The third-order valence-electron chi connectivity index (χ3n) is 2.25. The molecule has 0 saturated carbocycles. The van der Waals surface area contributed by atoms with Crippen molar-refractivity contribution in [2.45, 2.75) is 38.8 Å². The second-order valence-corrected chi connectivity index (χ2v) is 11.2. The first-order chi connectivity index (χ1) is 7.92. The number of hydrogen-bond donors (Lipinski definition) is 0. The Kier molecular flexibility index (Phi) is 5.19. The molecule has 94 valence electrons. The third-order valence-corrected chi connectivity index (χ3v) is 4.27. The second-order valence-electron chi connectivity index (χ2n) is 5.15. The fourth-order valence-corrected chi connectivity index (χ4v) is 2.21. The van der Waals surface area contributed by atoms with Crippen molar-refractivity contribution in [2.24, 2.45) is 0 Å². The van der Waals surface area contributed by atoms with Gasteiger partial charge in [0.2, 0.25) is 0 Å². The van der Waals surface area contributed by atoms with Crippen molar-refractivity contribution in [3.05, 3.63) is 16.9 Å². The highest BCUT2D eigenvalue weighted by atomic mass is 35.5. The van der Waals surface area contributed by atoms with Crippen LogP contribution in [0.4, 0.5) is 0 Å². The summed E-state index contributed by atoms with van der Waals surface area (Å²) >= 11 is 5.93. The zero-order chi connectivity index (χ0) is 12.9. The van der Waals surface area contributed by atoms with Crippen LogP contribution >= 0.6 is 11.6 Å². The smallest absolute Gasteiger partial charge is 0.139 e. The molecule has 0 radical (unpaired) electrons. The molecule has 0 amide bonds. The predicted octanol–water partition coefficient (Wildman–Crippen LogP) is 2.91. The van der Waals surface area contributed by atoms with Gasteiger partial charge in [0, 0.05) is 20.9 Å². The van der Waals surface area contributed by atoms with E-state index in [9.17, 15) is 0 Å². The van der Waals surface area contributed by atoms with Crippen LogP contribution in [0.2, 0.25) is 30.7 Å². The van der Waals surface area contributed by atoms with Crippen molar-refractivity contribution in [2.75, 3.05) is 6.61 Å². The van der Waals surface area contributed by atoms with E-state index < -0.39 is 8.07 Å². The molecule has 0 fully saturated rings. The Morgan fingerprint density at radius 3 is 2.82 bits per heavy atom. The summed E-state index contributed by atoms with van der Waals surface area (Å²) in [6.07, 6.45) is 1.93. The van der Waals surface area contributed by atoms with Gasteiger partial charge in [-0.2, -0.15) is 10.4 Å². The molecule has 0 aliphatic rings. The number of hydrogen-bond acceptors (Lipinski definition) is 3. The molecule has 17 heavy (non-hydrogen) atoms. The molecule has 1 heterocycles. The topological polar surface area (TPSA) is 50.8 Å². The molecule has 4 nitrogen and oxygen atoms in total. The first-order valence-electron chi connectivity index (χ1n) is 5.59. The first kappa shape index (κ1) is 14.2. The highest BCUT2D eigenvalue weighted by Crippen LogP contribution is 2.14. The highest BCUT2D eigenvalue weighted by Gasteiger charge is 2.12. The van der Waals surface area contributed by atoms with Crippen LogP contribution in [0.5, 0.6) is 0 Å². The van der Waals surface area contributed by atoms with Crippen LogP contribution in [0.25, 0.3) is 0 Å². The van der Waals surface area contributed by atoms with Crippen LogP contribution < -0.4 is 0 Å². The maximum absolute atomic E-state index is 8.57. The van der Waals surface area contributed by atoms with Crippen LogP contribution in [0.15, 0.2) is 6.20 Å². The first-order valence-corrected chi connectivity index (χ1v) is 9.67. The zero-order valence-corrected chi connectivity index (χ0v) is 12.3. The zero-order valence-electron chi connectivity index (χ0n) is 10.5. The quantitative estimate of drug-likeness (QED) is 0.590. The third kappa shape index (κ3) is 5.35. The molecule has 0 atom stereocenters. The minimum absolute atomic E-state index is 0.237. The van der Waals surface area contributed by atoms with Crippen LogP contribution in [0, 0.1) is 11.3 Å². The molecule has 0 aliphatic heterocycles. The Bertz CT molecular complexity index is 406. The van der Waals surface area contributed by atoms with Crippen LogP contribution in [-0.4, -0.2) is 24.5 Å². The Balaban J connectivity index is 2.38. The highest BCUT2D eigenvalue weighted by molar-refractivity contribution is 6.76. The van der Waals surface area contributed by atoms with Gasteiger partial charge < -0.3 is 4.74 Å². The van der Waals surface area contributed by atoms with E-state index >= 15 is 0 Å². The van der Waals surface area contributed by atoms with E-state index in [2.05, 4.69) is 24.7 Å². The SMILES string of the molecule is C[Si](C)(C)CCOCn1cc(Cl)c(CC#N)n1. The van der Waals surface area contributed by atoms with Crippen molar-refractivity contribution in [3.63, 3.8) is 0 Å². The van der Waals surface area contributed by atoms with Gasteiger partial charge in [0.25, 0.3) is 0 Å². The monoisotopic (exact) mass is 271 g/mol. The largest absolute Gasteiger partial charge is 0.360 e. The maximum atomic E-state index is 8.57. The number of ether oxygens (including phenoxy) is 1. The Labute approximate surface area is 108 Å². The summed E-state index contributed by atoms with van der Waals surface area (Å²) in [7, 11) is -1.04. The van der Waals surface area contributed by atoms with Gasteiger partial charge in [-0.15, -0.1) is 0 Å². The van der Waals surface area contributed by atoms with E-state index in [1.165, 1.54) is 0 Å². The average Bonchev–Trinajstić information content (AvgIpc) is 2.54. The second kappa shape index (κ2) is 6.19. The Morgan fingerprint density at radius 2 is 2.24 bits per heavy atom. The number of rotatable bonds is 6. The van der Waals surface area contributed by atoms with E-state index in [1.54, 1.807) is 10.9 Å². The number of nitriles is 1. The van der Waals surface area contributed by atoms with Gasteiger partial charge in [-0.25, -0.2) is 4.68 Å². The lowest BCUT2D eigenvalue weighted by molar-refractivity contribution is 0.0783. The van der Waals surface area contributed by atoms with Crippen molar-refractivity contribution >= 4 is 19.7 Å². The van der Waals surface area contributed by atoms with Gasteiger partial charge in [0.1, 0.15) is 6.73 Å². The van der Waals surface area contributed by atoms with E-state index in [0.717, 1.165) is 12.7 Å². The summed E-state index contributed by atoms with van der Waals surface area (Å²) in [6, 6.07) is 3.16. The van der Waals surface area contributed by atoms with Gasteiger partial charge in [-0.1, -0.05) is 31.2 Å². The number of halogens is 1. The molecular weight excluding hydrogens is 254 g/mol. The molecule has 0 bridgehead atoms. The van der Waals surface area contributed by atoms with Gasteiger partial charge in [-0.3, -0.25) is 0 Å². The predicted molar refractivity (Wildman–Crippen MR) is 70.7 cm³/mol. The molecule has 0 unspecified atom stereocenters. The number of nitrogens with zero attached hydrogens (tertiary/aromatic N) is 3. The molecule has 0 saturated heterocycles. The van der Waals surface area contributed by atoms with Crippen LogP contribution in [0.1, 0.15) is 5.69 Å². The molecule has 1 aromatic rings. The molecule has 1 aromatic heterocycles. The minimum Gasteiger partial charge on any atom is -0.360 e. The molecule has 0 spiro atoms. The van der Waals surface area contributed by atoms with Gasteiger partial charge in [0.05, 0.1) is 23.2 Å². The summed E-state index contributed by atoms with van der Waals surface area (Å²) in [5.74, 6) is 0. The van der Waals surface area contributed by atoms with E-state index in [4.69, 9.17) is 21.6 Å². The molecule has 0 aromatic carbocycles. The van der Waals surface area contributed by atoms with Crippen molar-refractivity contribution in [1.29, 1.82) is 5.26 Å². The van der Waals surface area contributed by atoms with Gasteiger partial charge in [0.15, 0.2) is 0 Å².